The summed E-state index contributed by atoms with van der Waals surface area (Å²) >= 11 is 3.14. The van der Waals surface area contributed by atoms with Crippen LogP contribution in [-0.2, 0) is 20.9 Å². The maximum Gasteiger partial charge on any atom is 0.328 e. The molecule has 2 atom stereocenters. The standard InChI is InChI=1S/C33H42N2O4S2/c1-23-9-7-8-12-26(23)28-21-25(13-15-27(28)32(36)35-29(18-20-40-3)33(37)38-2)22-39-30(31-17-19-34-41-31)16-14-24-10-5-4-6-11-24/h7-9,12-13,15,17,19,21,24,29-30H,4-6,10-11,14,16,18,20,22H2,1-3H3,(H,35,36)/t29-,30?/m0/s1. The average Bonchev–Trinajstić information content (AvgIpc) is 3.54. The lowest BCUT2D eigenvalue weighted by Gasteiger charge is -2.24. The summed E-state index contributed by atoms with van der Waals surface area (Å²) in [7, 11) is 1.35. The molecule has 1 heterocycles. The fourth-order valence-corrected chi connectivity index (χ4v) is 6.74. The number of aromatic nitrogens is 1. The number of hydrogen-bond donors (Lipinski definition) is 1. The fraction of sp³-hybridized carbons (Fsp3) is 0.485. The molecular weight excluding hydrogens is 553 g/mol. The number of nitrogens with zero attached hydrogens (tertiary/aromatic N) is 1. The van der Waals surface area contributed by atoms with Crippen LogP contribution in [0.4, 0.5) is 0 Å². The fourth-order valence-electron chi connectivity index (χ4n) is 5.60. The normalized spacial score (nSPS) is 15.3. The molecule has 1 fully saturated rings. The molecule has 8 heteroatoms. The van der Waals surface area contributed by atoms with Crippen LogP contribution in [0.1, 0.15) is 83.8 Å². The summed E-state index contributed by atoms with van der Waals surface area (Å²) in [5.41, 5.74) is 4.40. The van der Waals surface area contributed by atoms with E-state index in [9.17, 15) is 9.59 Å². The van der Waals surface area contributed by atoms with Gasteiger partial charge >= 0.3 is 5.97 Å². The van der Waals surface area contributed by atoms with E-state index in [4.69, 9.17) is 9.47 Å². The largest absolute Gasteiger partial charge is 0.467 e. The summed E-state index contributed by atoms with van der Waals surface area (Å²) in [5, 5.41) is 2.92. The van der Waals surface area contributed by atoms with Gasteiger partial charge in [-0.3, -0.25) is 4.79 Å². The predicted octanol–water partition coefficient (Wildman–Crippen LogP) is 7.76. The van der Waals surface area contributed by atoms with Crippen molar-refractivity contribution >= 4 is 35.2 Å². The molecule has 1 amide bonds. The van der Waals surface area contributed by atoms with Crippen LogP contribution in [0.2, 0.25) is 0 Å². The van der Waals surface area contributed by atoms with Gasteiger partial charge in [0.2, 0.25) is 0 Å². The number of ether oxygens (including phenoxy) is 2. The second-order valence-corrected chi connectivity index (χ2v) is 12.7. The lowest BCUT2D eigenvalue weighted by Crippen LogP contribution is -2.42. The maximum atomic E-state index is 13.5. The van der Waals surface area contributed by atoms with Crippen LogP contribution in [0, 0.1) is 12.8 Å². The summed E-state index contributed by atoms with van der Waals surface area (Å²) < 4.78 is 15.8. The molecule has 2 aromatic carbocycles. The highest BCUT2D eigenvalue weighted by atomic mass is 32.2. The number of benzene rings is 2. The van der Waals surface area contributed by atoms with Gasteiger partial charge in [0.25, 0.3) is 5.91 Å². The summed E-state index contributed by atoms with van der Waals surface area (Å²) in [6.07, 6.45) is 13.2. The molecule has 6 nitrogen and oxygen atoms in total. The minimum atomic E-state index is -0.697. The van der Waals surface area contributed by atoms with Crippen molar-refractivity contribution in [3.63, 3.8) is 0 Å². The van der Waals surface area contributed by atoms with Crippen molar-refractivity contribution in [2.24, 2.45) is 5.92 Å². The van der Waals surface area contributed by atoms with Gasteiger partial charge in [-0.15, -0.1) is 0 Å². The zero-order valence-corrected chi connectivity index (χ0v) is 26.0. The number of rotatable bonds is 14. The number of methoxy groups -OCH3 is 1. The van der Waals surface area contributed by atoms with Crippen molar-refractivity contribution in [1.82, 2.24) is 9.69 Å². The zero-order chi connectivity index (χ0) is 29.0. The molecular formula is C33H42N2O4S2. The summed E-state index contributed by atoms with van der Waals surface area (Å²) in [6.45, 7) is 2.48. The van der Waals surface area contributed by atoms with Crippen LogP contribution in [0.25, 0.3) is 11.1 Å². The molecule has 1 aliphatic carbocycles. The minimum Gasteiger partial charge on any atom is -0.467 e. The molecule has 0 bridgehead atoms. The Balaban J connectivity index is 1.55. The Kier molecular flexibility index (Phi) is 12.3. The molecule has 0 radical (unpaired) electrons. The second-order valence-electron chi connectivity index (χ2n) is 10.8. The van der Waals surface area contributed by atoms with Gasteiger partial charge in [0, 0.05) is 11.8 Å². The van der Waals surface area contributed by atoms with E-state index in [0.717, 1.165) is 45.2 Å². The summed E-state index contributed by atoms with van der Waals surface area (Å²) in [4.78, 5) is 27.1. The quantitative estimate of drug-likeness (QED) is 0.192. The Morgan fingerprint density at radius 3 is 2.59 bits per heavy atom. The minimum absolute atomic E-state index is 0.00608. The van der Waals surface area contributed by atoms with Crippen LogP contribution in [0.3, 0.4) is 0 Å². The van der Waals surface area contributed by atoms with Gasteiger partial charge in [0.05, 0.1) is 24.7 Å². The molecule has 0 spiro atoms. The number of esters is 1. The maximum absolute atomic E-state index is 13.5. The second kappa shape index (κ2) is 16.1. The van der Waals surface area contributed by atoms with Gasteiger partial charge in [0.15, 0.2) is 0 Å². The number of thioether (sulfide) groups is 1. The number of aryl methyl sites for hydroxylation is 1. The Hall–Kier alpha value is -2.68. The van der Waals surface area contributed by atoms with E-state index in [2.05, 4.69) is 21.8 Å². The average molecular weight is 595 g/mol. The van der Waals surface area contributed by atoms with E-state index in [-0.39, 0.29) is 12.0 Å². The Bertz CT molecular complexity index is 1260. The van der Waals surface area contributed by atoms with Gasteiger partial charge in [-0.25, -0.2) is 9.17 Å². The smallest absolute Gasteiger partial charge is 0.328 e. The van der Waals surface area contributed by atoms with Gasteiger partial charge in [0.1, 0.15) is 6.04 Å². The Morgan fingerprint density at radius 1 is 1.07 bits per heavy atom. The molecule has 4 rings (SSSR count). The van der Waals surface area contributed by atoms with E-state index in [1.165, 1.54) is 57.2 Å². The van der Waals surface area contributed by atoms with Gasteiger partial charge in [-0.1, -0.05) is 62.4 Å². The first-order valence-corrected chi connectivity index (χ1v) is 16.8. The first-order valence-electron chi connectivity index (χ1n) is 14.6. The van der Waals surface area contributed by atoms with Crippen LogP contribution >= 0.6 is 23.3 Å². The van der Waals surface area contributed by atoms with Crippen LogP contribution in [0.15, 0.2) is 54.7 Å². The third-order valence-electron chi connectivity index (χ3n) is 7.95. The zero-order valence-electron chi connectivity index (χ0n) is 24.4. The van der Waals surface area contributed by atoms with Gasteiger partial charge in [-0.05, 0) is 96.1 Å². The molecule has 3 aromatic rings. The van der Waals surface area contributed by atoms with E-state index in [1.807, 2.05) is 55.8 Å². The Morgan fingerprint density at radius 2 is 1.88 bits per heavy atom. The topological polar surface area (TPSA) is 77.5 Å². The molecule has 1 N–H and O–H groups in total. The number of amides is 1. The van der Waals surface area contributed by atoms with E-state index in [0.29, 0.717) is 18.6 Å². The first kappa shape index (κ1) is 31.3. The Labute approximate surface area is 252 Å². The molecule has 1 aromatic heterocycles. The number of carbonyl (C=O) groups excluding carboxylic acids is 2. The van der Waals surface area contributed by atoms with Crippen molar-refractivity contribution in [3.8, 4) is 11.1 Å². The monoisotopic (exact) mass is 594 g/mol. The summed E-state index contributed by atoms with van der Waals surface area (Å²) in [5.74, 6) is 0.806. The van der Waals surface area contributed by atoms with Crippen LogP contribution in [0.5, 0.6) is 0 Å². The van der Waals surface area contributed by atoms with Crippen LogP contribution in [-0.4, -0.2) is 41.4 Å². The van der Waals surface area contributed by atoms with Gasteiger partial charge in [-0.2, -0.15) is 11.8 Å². The number of hydrogen-bond acceptors (Lipinski definition) is 7. The first-order chi connectivity index (χ1) is 20.0. The molecule has 1 aliphatic rings. The van der Waals surface area contributed by atoms with Crippen molar-refractivity contribution in [2.75, 3.05) is 19.1 Å². The highest BCUT2D eigenvalue weighted by Gasteiger charge is 2.24. The SMILES string of the molecule is COC(=O)[C@H](CCSC)NC(=O)c1ccc(COC(CCC2CCCCC2)c2ccns2)cc1-c1ccccc1C. The highest BCUT2D eigenvalue weighted by molar-refractivity contribution is 7.98. The molecule has 1 unspecified atom stereocenters. The van der Waals surface area contributed by atoms with Crippen molar-refractivity contribution in [2.45, 2.75) is 77.0 Å². The van der Waals surface area contributed by atoms with E-state index >= 15 is 0 Å². The molecule has 1 saturated carbocycles. The van der Waals surface area contributed by atoms with Crippen LogP contribution < -0.4 is 5.32 Å². The highest BCUT2D eigenvalue weighted by Crippen LogP contribution is 2.34. The molecule has 220 valence electrons. The number of carbonyl (C=O) groups is 2. The van der Waals surface area contributed by atoms with Crippen molar-refractivity contribution < 1.29 is 19.1 Å². The van der Waals surface area contributed by atoms with Crippen molar-refractivity contribution in [1.29, 1.82) is 0 Å². The van der Waals surface area contributed by atoms with Gasteiger partial charge < -0.3 is 14.8 Å². The molecule has 41 heavy (non-hydrogen) atoms. The van der Waals surface area contributed by atoms with Crippen molar-refractivity contribution in [3.05, 3.63) is 76.3 Å². The predicted molar refractivity (Wildman–Crippen MR) is 168 cm³/mol. The number of nitrogens with one attached hydrogen (secondary N) is 1. The third kappa shape index (κ3) is 8.90. The lowest BCUT2D eigenvalue weighted by molar-refractivity contribution is -0.142. The summed E-state index contributed by atoms with van der Waals surface area (Å²) in [6, 6.07) is 15.3. The lowest BCUT2D eigenvalue weighted by atomic mass is 9.85. The molecule has 0 saturated heterocycles. The van der Waals surface area contributed by atoms with E-state index in [1.54, 1.807) is 11.8 Å². The van der Waals surface area contributed by atoms with E-state index < -0.39 is 12.0 Å². The third-order valence-corrected chi connectivity index (χ3v) is 9.43. The molecule has 0 aliphatic heterocycles.